The van der Waals surface area contributed by atoms with Crippen LogP contribution in [-0.2, 0) is 23.8 Å². The Morgan fingerprint density at radius 3 is 2.24 bits per heavy atom. The molecular weight excluding hydrogens is 572 g/mol. The van der Waals surface area contributed by atoms with Crippen molar-refractivity contribution in [3.05, 3.63) is 11.6 Å². The van der Waals surface area contributed by atoms with Crippen molar-refractivity contribution in [2.75, 3.05) is 0 Å². The molecule has 0 bridgehead atoms. The molecule has 0 unspecified atom stereocenters. The summed E-state index contributed by atoms with van der Waals surface area (Å²) in [4.78, 5) is 24.2. The van der Waals surface area contributed by atoms with Crippen molar-refractivity contribution < 1.29 is 39.1 Å². The zero-order chi connectivity index (χ0) is 32.4. The minimum atomic E-state index is -0.588. The number of aliphatic hydroxyl groups is 3. The summed E-state index contributed by atoms with van der Waals surface area (Å²) in [7, 11) is 0. The Morgan fingerprint density at radius 1 is 0.867 bits per heavy atom. The van der Waals surface area contributed by atoms with Crippen molar-refractivity contribution in [1.82, 2.24) is 0 Å². The number of ether oxygens (including phenoxy) is 3. The lowest BCUT2D eigenvalue weighted by Crippen LogP contribution is -2.29. The number of cyclic esters (lactones) is 1. The van der Waals surface area contributed by atoms with Gasteiger partial charge in [-0.2, -0.15) is 0 Å². The highest BCUT2D eigenvalue weighted by atomic mass is 16.5. The van der Waals surface area contributed by atoms with Gasteiger partial charge in [-0.05, 0) is 57.9 Å². The topological polar surface area (TPSA) is 123 Å². The summed E-state index contributed by atoms with van der Waals surface area (Å²) >= 11 is 0. The molecular formula is C37H64O8. The van der Waals surface area contributed by atoms with Gasteiger partial charge in [-0.1, -0.05) is 84.0 Å². The molecule has 2 fully saturated rings. The minimum Gasteiger partial charge on any atom is -0.455 e. The van der Waals surface area contributed by atoms with Crippen LogP contribution in [0.15, 0.2) is 11.6 Å². The predicted molar refractivity (Wildman–Crippen MR) is 176 cm³/mol. The number of rotatable bonds is 25. The Balaban J connectivity index is 1.18. The molecule has 3 rings (SSSR count). The van der Waals surface area contributed by atoms with Gasteiger partial charge in [-0.15, -0.1) is 0 Å². The van der Waals surface area contributed by atoms with Crippen LogP contribution in [0.2, 0.25) is 0 Å². The van der Waals surface area contributed by atoms with Gasteiger partial charge in [0, 0.05) is 31.3 Å². The molecule has 8 atom stereocenters. The monoisotopic (exact) mass is 636 g/mol. The third kappa shape index (κ3) is 15.0. The van der Waals surface area contributed by atoms with Crippen LogP contribution < -0.4 is 0 Å². The summed E-state index contributed by atoms with van der Waals surface area (Å²) in [5.74, 6) is -0.0775. The Kier molecular flexibility index (Phi) is 18.2. The highest BCUT2D eigenvalue weighted by Gasteiger charge is 2.36. The van der Waals surface area contributed by atoms with Crippen LogP contribution in [0.1, 0.15) is 162 Å². The number of esters is 1. The van der Waals surface area contributed by atoms with Crippen LogP contribution in [0.5, 0.6) is 0 Å². The maximum atomic E-state index is 12.5. The van der Waals surface area contributed by atoms with E-state index in [9.17, 15) is 24.9 Å². The maximum absolute atomic E-state index is 12.5. The smallest absolute Gasteiger partial charge is 0.334 e. The fourth-order valence-electron chi connectivity index (χ4n) is 7.19. The number of unbranched alkanes of at least 4 members (excludes halogenated alkanes) is 11. The molecule has 0 saturated carbocycles. The van der Waals surface area contributed by atoms with Crippen molar-refractivity contribution in [2.45, 2.75) is 210 Å². The Morgan fingerprint density at radius 2 is 1.56 bits per heavy atom. The van der Waals surface area contributed by atoms with E-state index in [1.165, 1.54) is 51.4 Å². The molecule has 260 valence electrons. The van der Waals surface area contributed by atoms with Crippen LogP contribution in [0.4, 0.5) is 0 Å². The second-order valence-corrected chi connectivity index (χ2v) is 14.1. The lowest BCUT2D eigenvalue weighted by atomic mass is 9.99. The molecule has 8 heteroatoms. The first-order valence-electron chi connectivity index (χ1n) is 18.5. The largest absolute Gasteiger partial charge is 0.455 e. The van der Waals surface area contributed by atoms with Crippen LogP contribution >= 0.6 is 0 Å². The molecule has 45 heavy (non-hydrogen) atoms. The number of ketones is 1. The molecule has 0 spiro atoms. The van der Waals surface area contributed by atoms with Gasteiger partial charge in [0.2, 0.25) is 0 Å². The third-order valence-corrected chi connectivity index (χ3v) is 9.89. The standard InChI is InChI=1S/C37H64O8/c1-3-4-5-6-7-8-9-10-11-13-17-30(39)25-32-26-34(41)36(45-32)22-20-33(40)35-21-19-31(44-35)18-15-12-14-16-29(38)24-28-23-27(2)43-37(28)42/h23,27,29,31-36,38,40-41H,3-22,24-26H2,1-2H3/t27-,29+,31+,32+,33-,34+,35-,36+/m0/s1. The maximum Gasteiger partial charge on any atom is 0.334 e. The first-order valence-corrected chi connectivity index (χ1v) is 18.5. The average Bonchev–Trinajstić information content (AvgIpc) is 3.70. The first-order chi connectivity index (χ1) is 21.7. The number of hydrogen-bond acceptors (Lipinski definition) is 8. The summed E-state index contributed by atoms with van der Waals surface area (Å²) in [6.07, 6.45) is 21.0. The summed E-state index contributed by atoms with van der Waals surface area (Å²) in [5.41, 5.74) is 0.581. The van der Waals surface area contributed by atoms with Gasteiger partial charge >= 0.3 is 5.97 Å². The summed E-state index contributed by atoms with van der Waals surface area (Å²) < 4.78 is 17.3. The summed E-state index contributed by atoms with van der Waals surface area (Å²) in [6.45, 7) is 4.07. The van der Waals surface area contributed by atoms with E-state index >= 15 is 0 Å². The van der Waals surface area contributed by atoms with Crippen molar-refractivity contribution in [2.24, 2.45) is 0 Å². The van der Waals surface area contributed by atoms with E-state index in [2.05, 4.69) is 6.92 Å². The summed E-state index contributed by atoms with van der Waals surface area (Å²) in [6, 6.07) is 0. The zero-order valence-corrected chi connectivity index (χ0v) is 28.3. The molecule has 3 aliphatic heterocycles. The van der Waals surface area contributed by atoms with Crippen molar-refractivity contribution in [1.29, 1.82) is 0 Å². The molecule has 0 aromatic carbocycles. The minimum absolute atomic E-state index is 0.147. The number of Topliss-reactive ketones (excluding diaryl/α,β-unsaturated/α-hetero) is 1. The fourth-order valence-corrected chi connectivity index (χ4v) is 7.19. The molecule has 0 aromatic rings. The van der Waals surface area contributed by atoms with Gasteiger partial charge in [0.25, 0.3) is 0 Å². The molecule has 0 amide bonds. The lowest BCUT2D eigenvalue weighted by Gasteiger charge is -2.22. The second kappa shape index (κ2) is 21.5. The fraction of sp³-hybridized carbons (Fsp3) is 0.892. The number of carbonyl (C=O) groups is 2. The van der Waals surface area contributed by atoms with Crippen LogP contribution in [0.25, 0.3) is 0 Å². The highest BCUT2D eigenvalue weighted by molar-refractivity contribution is 5.90. The van der Waals surface area contributed by atoms with E-state index in [0.29, 0.717) is 50.5 Å². The van der Waals surface area contributed by atoms with Crippen LogP contribution in [0.3, 0.4) is 0 Å². The molecule has 0 radical (unpaired) electrons. The van der Waals surface area contributed by atoms with E-state index in [0.717, 1.165) is 51.4 Å². The van der Waals surface area contributed by atoms with Gasteiger partial charge in [-0.3, -0.25) is 4.79 Å². The molecule has 8 nitrogen and oxygen atoms in total. The number of carbonyl (C=O) groups excluding carboxylic acids is 2. The summed E-state index contributed by atoms with van der Waals surface area (Å²) in [5, 5.41) is 31.6. The molecule has 3 aliphatic rings. The van der Waals surface area contributed by atoms with Crippen LogP contribution in [0, 0.1) is 0 Å². The van der Waals surface area contributed by atoms with Gasteiger partial charge in [-0.25, -0.2) is 4.79 Å². The van der Waals surface area contributed by atoms with E-state index in [4.69, 9.17) is 14.2 Å². The second-order valence-electron chi connectivity index (χ2n) is 14.1. The number of aliphatic hydroxyl groups excluding tert-OH is 3. The SMILES string of the molecule is CCCCCCCCCCCCC(=O)C[C@@H]1C[C@@H](O)[C@@H](CC[C@H](O)[C@@H]2CC[C@@H](CCCCC[C@@H](O)CC3=C[C@H](C)OC3=O)O2)O1. The van der Waals surface area contributed by atoms with E-state index < -0.39 is 18.3 Å². The van der Waals surface area contributed by atoms with Crippen molar-refractivity contribution in [3.63, 3.8) is 0 Å². The quantitative estimate of drug-likeness (QED) is 0.0721. The van der Waals surface area contributed by atoms with Gasteiger partial charge in [0.15, 0.2) is 0 Å². The lowest BCUT2D eigenvalue weighted by molar-refractivity contribution is -0.139. The zero-order valence-electron chi connectivity index (χ0n) is 28.3. The Hall–Kier alpha value is -1.32. The van der Waals surface area contributed by atoms with Crippen LogP contribution in [-0.4, -0.2) is 75.9 Å². The van der Waals surface area contributed by atoms with E-state index in [1.807, 2.05) is 6.92 Å². The molecule has 2 saturated heterocycles. The molecule has 0 aromatic heterocycles. The Bertz CT molecular complexity index is 874. The average molecular weight is 637 g/mol. The number of hydrogen-bond donors (Lipinski definition) is 3. The highest BCUT2D eigenvalue weighted by Crippen LogP contribution is 2.31. The third-order valence-electron chi connectivity index (χ3n) is 9.89. The van der Waals surface area contributed by atoms with Gasteiger partial charge in [0.1, 0.15) is 11.9 Å². The predicted octanol–water partition coefficient (Wildman–Crippen LogP) is 7.04. The normalized spacial score (nSPS) is 27.9. The first kappa shape index (κ1) is 38.1. The van der Waals surface area contributed by atoms with Crippen molar-refractivity contribution in [3.8, 4) is 0 Å². The Labute approximate surface area is 272 Å². The molecule has 0 aliphatic carbocycles. The van der Waals surface area contributed by atoms with E-state index in [1.54, 1.807) is 6.08 Å². The van der Waals surface area contributed by atoms with Gasteiger partial charge < -0.3 is 29.5 Å². The van der Waals surface area contributed by atoms with Gasteiger partial charge in [0.05, 0.1) is 42.7 Å². The molecule has 3 N–H and O–H groups in total. The van der Waals surface area contributed by atoms with Crippen molar-refractivity contribution >= 4 is 11.8 Å². The van der Waals surface area contributed by atoms with E-state index in [-0.39, 0.29) is 42.3 Å². The molecule has 3 heterocycles.